The Morgan fingerprint density at radius 2 is 1.22 bits per heavy atom. The van der Waals surface area contributed by atoms with Crippen molar-refractivity contribution >= 4 is 40.2 Å². The zero-order valence-electron chi connectivity index (χ0n) is 13.7. The fourth-order valence-electron chi connectivity index (χ4n) is 3.78. The second-order valence-electron chi connectivity index (χ2n) is 7.67. The first-order valence-electron chi connectivity index (χ1n) is 7.64. The van der Waals surface area contributed by atoms with Crippen LogP contribution in [0.5, 0.6) is 0 Å². The van der Waals surface area contributed by atoms with Gasteiger partial charge < -0.3 is 0 Å². The molecule has 0 bridgehead atoms. The molecule has 0 spiro atoms. The van der Waals surface area contributed by atoms with Crippen LogP contribution in [0.1, 0.15) is 6.42 Å². The third kappa shape index (κ3) is 2.94. The third-order valence-corrected chi connectivity index (χ3v) is 22.9. The summed E-state index contributed by atoms with van der Waals surface area (Å²) in [6.07, 6.45) is 7.99. The van der Waals surface area contributed by atoms with Crippen molar-refractivity contribution in [1.82, 2.24) is 0 Å². The maximum atomic E-state index is 2.57. The predicted molar refractivity (Wildman–Crippen MR) is 109 cm³/mol. The van der Waals surface area contributed by atoms with Crippen LogP contribution in [0.15, 0.2) is 82.8 Å². The molecule has 0 amide bonds. The van der Waals surface area contributed by atoms with Gasteiger partial charge in [-0.2, -0.15) is 0 Å². The van der Waals surface area contributed by atoms with Gasteiger partial charge in [-0.05, 0) is 0 Å². The van der Waals surface area contributed by atoms with Crippen molar-refractivity contribution in [3.8, 4) is 0 Å². The van der Waals surface area contributed by atoms with Gasteiger partial charge in [-0.15, -0.1) is 24.8 Å². The van der Waals surface area contributed by atoms with E-state index in [1.165, 1.54) is 7.74 Å². The molecule has 1 aliphatic carbocycles. The summed E-state index contributed by atoms with van der Waals surface area (Å²) in [5.74, 6) is 0. The number of halogens is 2. The van der Waals surface area contributed by atoms with E-state index in [2.05, 4.69) is 97.0 Å². The van der Waals surface area contributed by atoms with Crippen molar-refractivity contribution in [3.05, 3.63) is 82.8 Å². The van der Waals surface area contributed by atoms with Crippen LogP contribution in [0.3, 0.4) is 0 Å². The van der Waals surface area contributed by atoms with E-state index in [1.807, 2.05) is 0 Å². The zero-order valence-corrected chi connectivity index (χ0v) is 18.3. The molecule has 4 heteroatoms. The molecule has 0 atom stereocenters. The number of benzene rings is 2. The van der Waals surface area contributed by atoms with Gasteiger partial charge in [0.1, 0.15) is 0 Å². The number of hydrogen-bond donors (Lipinski definition) is 0. The van der Waals surface area contributed by atoms with E-state index < -0.39 is 12.8 Å². The number of hydrogen-bond acceptors (Lipinski definition) is 0. The Morgan fingerprint density at radius 3 is 1.57 bits per heavy atom. The molecule has 0 unspecified atom stereocenters. The van der Waals surface area contributed by atoms with E-state index in [0.717, 1.165) is 6.42 Å². The summed E-state index contributed by atoms with van der Waals surface area (Å²) >= 11 is -3.70. The molecule has 23 heavy (non-hydrogen) atoms. The van der Waals surface area contributed by atoms with Gasteiger partial charge in [-0.3, -0.25) is 0 Å². The van der Waals surface area contributed by atoms with Crippen molar-refractivity contribution in [2.45, 2.75) is 16.9 Å². The maximum absolute atomic E-state index is 3.70. The average molecular weight is 400 g/mol. The Hall–Kier alpha value is -0.569. The molecule has 0 nitrogen and oxygen atoms in total. The molecule has 0 fully saturated rings. The van der Waals surface area contributed by atoms with E-state index in [1.54, 1.807) is 3.88 Å². The van der Waals surface area contributed by atoms with Gasteiger partial charge in [0.25, 0.3) is 0 Å². The minimum atomic E-state index is -3.70. The summed E-state index contributed by atoms with van der Waals surface area (Å²) in [5.41, 5.74) is 0. The van der Waals surface area contributed by atoms with Crippen molar-refractivity contribution < 1.29 is 12.8 Å². The van der Waals surface area contributed by atoms with Crippen molar-refractivity contribution in [3.63, 3.8) is 0 Å². The molecule has 0 saturated carbocycles. The van der Waals surface area contributed by atoms with Gasteiger partial charge in [-0.25, -0.2) is 0 Å². The first-order valence-corrected chi connectivity index (χ1v) is 17.1. The molecular formula is C19H25Cl2SiTi. The first kappa shape index (κ1) is 20.5. The molecule has 2 aromatic carbocycles. The number of allylic oxidation sites excluding steroid dienone is 4. The van der Waals surface area contributed by atoms with Crippen molar-refractivity contribution in [2.75, 3.05) is 0 Å². The second kappa shape index (κ2) is 6.39. The van der Waals surface area contributed by atoms with Crippen LogP contribution in [0.25, 0.3) is 0 Å². The van der Waals surface area contributed by atoms with Gasteiger partial charge in [0, 0.05) is 0 Å². The van der Waals surface area contributed by atoms with Crippen LogP contribution in [-0.4, -0.2) is 7.63 Å². The van der Waals surface area contributed by atoms with Crippen LogP contribution in [0.4, 0.5) is 0 Å². The van der Waals surface area contributed by atoms with Crippen LogP contribution in [0.2, 0.25) is 10.5 Å². The fraction of sp³-hybridized carbons (Fsp3) is 0.158. The Labute approximate surface area is 151 Å². The molecule has 0 N–H and O–H groups in total. The van der Waals surface area contributed by atoms with E-state index in [9.17, 15) is 0 Å². The molecule has 3 rings (SSSR count). The Balaban J connectivity index is 0.00000132. The molecule has 0 heterocycles. The van der Waals surface area contributed by atoms with Crippen molar-refractivity contribution in [1.29, 1.82) is 0 Å². The topological polar surface area (TPSA) is 0 Å². The zero-order chi connectivity index (χ0) is 15.0. The Kier molecular flexibility index (Phi) is 5.68. The molecule has 2 aromatic rings. The summed E-state index contributed by atoms with van der Waals surface area (Å²) in [5, 5.41) is 5.14. The summed E-state index contributed by atoms with van der Waals surface area (Å²) in [6, 6.07) is 22.3. The van der Waals surface area contributed by atoms with E-state index >= 15 is 0 Å². The molecule has 0 saturated heterocycles. The van der Waals surface area contributed by atoms with Gasteiger partial charge in [0.05, 0.1) is 0 Å². The molecule has 1 aliphatic rings. The summed E-state index contributed by atoms with van der Waals surface area (Å²) < 4.78 is 4.68. The number of rotatable bonds is 3. The first-order chi connectivity index (χ1) is 9.88. The Morgan fingerprint density at radius 1 is 0.783 bits per heavy atom. The molecule has 0 aliphatic heterocycles. The van der Waals surface area contributed by atoms with Gasteiger partial charge in [-0.1, -0.05) is 0 Å². The molecular weight excluding hydrogens is 375 g/mol. The van der Waals surface area contributed by atoms with E-state index in [4.69, 9.17) is 0 Å². The van der Waals surface area contributed by atoms with Gasteiger partial charge in [0.2, 0.25) is 0 Å². The minimum absolute atomic E-state index is 0. The Bertz CT molecular complexity index is 783. The summed E-state index contributed by atoms with van der Waals surface area (Å²) in [6.45, 7) is 0. The fourth-order valence-corrected chi connectivity index (χ4v) is 15.4. The van der Waals surface area contributed by atoms with Gasteiger partial charge in [0.15, 0.2) is 0 Å². The van der Waals surface area contributed by atoms with E-state index in [0.29, 0.717) is 0 Å². The third-order valence-electron chi connectivity index (χ3n) is 5.65. The average Bonchev–Trinajstić information content (AvgIpc) is 3.05. The second-order valence-corrected chi connectivity index (χ2v) is 32.0. The van der Waals surface area contributed by atoms with Crippen LogP contribution < -0.4 is 7.74 Å². The van der Waals surface area contributed by atoms with E-state index in [-0.39, 0.29) is 24.8 Å². The summed E-state index contributed by atoms with van der Waals surface area (Å²) in [7, 11) is 2.28. The monoisotopic (exact) mass is 399 g/mol. The summed E-state index contributed by atoms with van der Waals surface area (Å²) in [4.78, 5) is 0. The molecule has 0 radical (unpaired) electrons. The molecule has 0 aromatic heterocycles. The predicted octanol–water partition coefficient (Wildman–Crippen LogP) is 4.19. The van der Waals surface area contributed by atoms with Crippen LogP contribution in [-0.2, 0) is 12.8 Å². The van der Waals surface area contributed by atoms with Crippen LogP contribution in [0, 0.1) is 0 Å². The quantitative estimate of drug-likeness (QED) is 0.678. The molecule has 123 valence electrons. The van der Waals surface area contributed by atoms with Gasteiger partial charge >= 0.3 is 128 Å². The normalized spacial score (nSPS) is 16.3. The van der Waals surface area contributed by atoms with Crippen LogP contribution >= 0.6 is 24.8 Å². The SMILES string of the molecule is Cl.Cl.[CH3][Ti]([CH3])(=[SiH2])([C]1=CC=CC1)([c]1ccccc1)[c]1ccccc1. The standard InChI is InChI=1S/2C6H5.C5H5.2CH3.2ClH.H2Si.Ti/c2*1-2-4-6-5-3-1;1-2-4-5-3-1;;;;;;/h2*1-5H;1-3H,4H2;2*1H3;2*1H;1H2;. The van der Waals surface area contributed by atoms with Crippen molar-refractivity contribution in [2.24, 2.45) is 0 Å².